The lowest BCUT2D eigenvalue weighted by Gasteiger charge is -1.91. The van der Waals surface area contributed by atoms with Crippen LogP contribution >= 0.6 is 0 Å². The molecule has 1 aromatic carbocycles. The summed E-state index contributed by atoms with van der Waals surface area (Å²) < 4.78 is 0. The first-order valence-electron chi connectivity index (χ1n) is 3.28. The van der Waals surface area contributed by atoms with Gasteiger partial charge in [0.15, 0.2) is 0 Å². The van der Waals surface area contributed by atoms with E-state index in [9.17, 15) is 4.79 Å². The van der Waals surface area contributed by atoms with Crippen molar-refractivity contribution >= 4 is 12.0 Å². The van der Waals surface area contributed by atoms with E-state index in [1.165, 1.54) is 0 Å². The first kappa shape index (κ1) is 8.42. The van der Waals surface area contributed by atoms with Crippen LogP contribution in [0.15, 0.2) is 35.5 Å². The third-order valence-corrected chi connectivity index (χ3v) is 1.28. The summed E-state index contributed by atoms with van der Waals surface area (Å²) in [5, 5.41) is 10.7. The lowest BCUT2D eigenvalue weighted by Crippen LogP contribution is -1.99. The molecule has 62 valence electrons. The third-order valence-electron chi connectivity index (χ3n) is 1.28. The highest BCUT2D eigenvalue weighted by molar-refractivity contribution is 6.35. The minimum Gasteiger partial charge on any atom is -0.287 e. The normalized spacial score (nSPS) is 10.1. The second-order valence-corrected chi connectivity index (χ2v) is 2.05. The molecule has 0 saturated carbocycles. The number of nitrogens with zero attached hydrogens (tertiary/aromatic N) is 1. The van der Waals surface area contributed by atoms with Crippen LogP contribution in [0.25, 0.3) is 0 Å². The predicted molar refractivity (Wildman–Crippen MR) is 43.0 cm³/mol. The molecule has 0 radical (unpaired) electrons. The number of hydrogen-bond donors (Lipinski definition) is 1. The van der Waals surface area contributed by atoms with Gasteiger partial charge >= 0.3 is 0 Å². The van der Waals surface area contributed by atoms with E-state index in [1.807, 2.05) is 0 Å². The highest BCUT2D eigenvalue weighted by Crippen LogP contribution is 1.97. The van der Waals surface area contributed by atoms with Crippen molar-refractivity contribution in [2.24, 2.45) is 5.16 Å². The molecule has 0 aliphatic heterocycles. The molecule has 0 aliphatic carbocycles. The van der Waals surface area contributed by atoms with E-state index in [1.54, 1.807) is 30.3 Å². The van der Waals surface area contributed by atoms with Gasteiger partial charge in [-0.15, -0.1) is 0 Å². The van der Waals surface area contributed by atoms with Gasteiger partial charge in [-0.1, -0.05) is 30.3 Å². The van der Waals surface area contributed by atoms with Gasteiger partial charge in [-0.2, -0.15) is 5.26 Å². The summed E-state index contributed by atoms with van der Waals surface area (Å²) in [6, 6.07) is 8.57. The third kappa shape index (κ3) is 2.17. The van der Waals surface area contributed by atoms with Gasteiger partial charge in [-0.3, -0.25) is 4.79 Å². The molecule has 0 amide bonds. The summed E-state index contributed by atoms with van der Waals surface area (Å²) in [6.45, 7) is 0. The van der Waals surface area contributed by atoms with E-state index in [2.05, 4.69) is 10.1 Å². The van der Waals surface area contributed by atoms with Crippen molar-refractivity contribution in [1.82, 2.24) is 0 Å². The molecule has 0 unspecified atom stereocenters. The molecule has 0 bridgehead atoms. The van der Waals surface area contributed by atoms with Crippen molar-refractivity contribution in [1.29, 1.82) is 0 Å². The van der Waals surface area contributed by atoms with Crippen molar-refractivity contribution in [3.8, 4) is 0 Å². The monoisotopic (exact) mass is 165 g/mol. The molecule has 0 fully saturated rings. The Morgan fingerprint density at radius 1 is 1.42 bits per heavy atom. The maximum absolute atomic E-state index is 11.1. The van der Waals surface area contributed by atoms with Gasteiger partial charge in [0.2, 0.25) is 5.78 Å². The Kier molecular flexibility index (Phi) is 2.98. The Morgan fingerprint density at radius 2 is 2.08 bits per heavy atom. The Hall–Kier alpha value is -1.68. The second kappa shape index (κ2) is 4.25. The Labute approximate surface area is 69.0 Å². The first-order chi connectivity index (χ1) is 5.84. The van der Waals surface area contributed by atoms with Gasteiger partial charge in [0, 0.05) is 5.56 Å². The molecule has 4 heteroatoms. The molecule has 1 N–H and O–H groups in total. The van der Waals surface area contributed by atoms with Crippen LogP contribution in [0.4, 0.5) is 0 Å². The number of Topliss-reactive ketones (excluding diaryl/α,β-unsaturated/α-hetero) is 1. The summed E-state index contributed by atoms with van der Waals surface area (Å²) in [5.74, 6) is -0.315. The van der Waals surface area contributed by atoms with Crippen molar-refractivity contribution < 1.29 is 15.0 Å². The lowest BCUT2D eigenvalue weighted by atomic mass is 10.1. The molecule has 0 aliphatic rings. The van der Waals surface area contributed by atoms with Crippen molar-refractivity contribution in [2.75, 3.05) is 0 Å². The number of carbonyl (C=O) groups excluding carboxylic acids is 1. The van der Waals surface area contributed by atoms with Gasteiger partial charge < -0.3 is 0 Å². The van der Waals surface area contributed by atoms with Gasteiger partial charge in [-0.25, -0.2) is 4.99 Å². The molecule has 12 heavy (non-hydrogen) atoms. The van der Waals surface area contributed by atoms with Crippen molar-refractivity contribution in [3.05, 3.63) is 35.9 Å². The number of rotatable bonds is 3. The molecule has 1 rings (SSSR count). The maximum atomic E-state index is 11.1. The van der Waals surface area contributed by atoms with Crippen LogP contribution in [-0.2, 0) is 4.99 Å². The lowest BCUT2D eigenvalue weighted by molar-refractivity contribution is -0.242. The summed E-state index contributed by atoms with van der Waals surface area (Å²) in [6.07, 6.45) is 0.898. The molecule has 0 atom stereocenters. The summed E-state index contributed by atoms with van der Waals surface area (Å²) in [4.78, 5) is 14.4. The smallest absolute Gasteiger partial charge is 0.207 e. The van der Waals surface area contributed by atoms with Crippen LogP contribution in [0.2, 0.25) is 0 Å². The van der Waals surface area contributed by atoms with Gasteiger partial charge in [-0.05, 0) is 5.16 Å². The number of oxime groups is 1. The quantitative estimate of drug-likeness (QED) is 0.318. The van der Waals surface area contributed by atoms with Crippen molar-refractivity contribution in [2.45, 2.75) is 0 Å². The SMILES string of the molecule is O=C(/C=N/OO)c1ccccc1. The zero-order valence-electron chi connectivity index (χ0n) is 6.18. The number of ketones is 1. The van der Waals surface area contributed by atoms with Crippen LogP contribution in [0.5, 0.6) is 0 Å². The zero-order chi connectivity index (χ0) is 8.81. The molecular formula is C8H7NO3. The number of hydrogen-bond acceptors (Lipinski definition) is 4. The first-order valence-corrected chi connectivity index (χ1v) is 3.28. The van der Waals surface area contributed by atoms with Crippen LogP contribution < -0.4 is 0 Å². The number of benzene rings is 1. The van der Waals surface area contributed by atoms with E-state index in [4.69, 9.17) is 5.26 Å². The fraction of sp³-hybridized carbons (Fsp3) is 0. The Bertz CT molecular complexity index is 282. The summed E-state index contributed by atoms with van der Waals surface area (Å²) >= 11 is 0. The van der Waals surface area contributed by atoms with E-state index in [0.29, 0.717) is 5.56 Å². The maximum Gasteiger partial charge on any atom is 0.207 e. The highest BCUT2D eigenvalue weighted by atomic mass is 17.2. The van der Waals surface area contributed by atoms with E-state index < -0.39 is 0 Å². The fourth-order valence-electron chi connectivity index (χ4n) is 0.748. The molecule has 0 heterocycles. The fourth-order valence-corrected chi connectivity index (χ4v) is 0.748. The molecule has 0 saturated heterocycles. The van der Waals surface area contributed by atoms with Crippen LogP contribution in [-0.4, -0.2) is 17.3 Å². The molecule has 0 spiro atoms. The van der Waals surface area contributed by atoms with Crippen LogP contribution in [0.3, 0.4) is 0 Å². The second-order valence-electron chi connectivity index (χ2n) is 2.05. The minimum absolute atomic E-state index is 0.315. The van der Waals surface area contributed by atoms with Crippen LogP contribution in [0, 0.1) is 0 Å². The molecule has 4 nitrogen and oxygen atoms in total. The highest BCUT2D eigenvalue weighted by Gasteiger charge is 1.99. The zero-order valence-corrected chi connectivity index (χ0v) is 6.18. The number of carbonyl (C=O) groups is 1. The average Bonchev–Trinajstić information content (AvgIpc) is 2.15. The largest absolute Gasteiger partial charge is 0.287 e. The Balaban J connectivity index is 2.72. The summed E-state index contributed by atoms with van der Waals surface area (Å²) in [7, 11) is 0. The predicted octanol–water partition coefficient (Wildman–Crippen LogP) is 1.34. The standard InChI is InChI=1S/C8H7NO3/c10-8(6-9-12-11)7-4-2-1-3-5-7/h1-6,11H/b9-6+. The van der Waals surface area contributed by atoms with E-state index >= 15 is 0 Å². The van der Waals surface area contributed by atoms with E-state index in [0.717, 1.165) is 6.21 Å². The van der Waals surface area contributed by atoms with Gasteiger partial charge in [0.1, 0.15) is 6.21 Å². The van der Waals surface area contributed by atoms with Crippen molar-refractivity contribution in [3.63, 3.8) is 0 Å². The molecule has 1 aromatic rings. The summed E-state index contributed by atoms with van der Waals surface area (Å²) in [5.41, 5.74) is 0.498. The van der Waals surface area contributed by atoms with Gasteiger partial charge in [0.05, 0.1) is 0 Å². The molecular weight excluding hydrogens is 158 g/mol. The minimum atomic E-state index is -0.315. The average molecular weight is 165 g/mol. The molecule has 0 aromatic heterocycles. The Morgan fingerprint density at radius 3 is 2.67 bits per heavy atom. The van der Waals surface area contributed by atoms with E-state index in [-0.39, 0.29) is 5.78 Å². The topological polar surface area (TPSA) is 58.9 Å². The van der Waals surface area contributed by atoms with Crippen LogP contribution in [0.1, 0.15) is 10.4 Å². The van der Waals surface area contributed by atoms with Gasteiger partial charge in [0.25, 0.3) is 0 Å².